The molecule has 0 radical (unpaired) electrons. The monoisotopic (exact) mass is 243 g/mol. The van der Waals surface area contributed by atoms with Crippen molar-refractivity contribution in [3.05, 3.63) is 0 Å². The van der Waals surface area contributed by atoms with E-state index in [0.717, 1.165) is 0 Å². The summed E-state index contributed by atoms with van der Waals surface area (Å²) in [6.07, 6.45) is -0.782. The number of esters is 1. The molecule has 0 saturated carbocycles. The molecule has 17 heavy (non-hydrogen) atoms. The molecule has 0 rings (SSSR count). The molecule has 0 aromatic carbocycles. The van der Waals surface area contributed by atoms with Gasteiger partial charge in [-0.15, -0.1) is 0 Å². The van der Waals surface area contributed by atoms with Crippen molar-refractivity contribution in [2.75, 3.05) is 7.11 Å². The van der Waals surface area contributed by atoms with Gasteiger partial charge in [0.25, 0.3) is 0 Å². The summed E-state index contributed by atoms with van der Waals surface area (Å²) < 4.78 is 9.49. The number of carbonyl (C=O) groups excluding carboxylic acids is 2. The van der Waals surface area contributed by atoms with Crippen LogP contribution in [0, 0.1) is 0 Å². The van der Waals surface area contributed by atoms with Gasteiger partial charge in [0.2, 0.25) is 0 Å². The molecule has 0 heterocycles. The summed E-state index contributed by atoms with van der Waals surface area (Å²) in [7, 11) is 3.97. The van der Waals surface area contributed by atoms with Crippen molar-refractivity contribution in [2.24, 2.45) is 0 Å². The highest BCUT2D eigenvalue weighted by atomic mass is 16.6. The Hall–Kier alpha value is -1.17. The number of ether oxygens (including phenoxy) is 2. The van der Waals surface area contributed by atoms with Crippen molar-refractivity contribution >= 4 is 27.8 Å². The molecular weight excluding hydrogens is 224 g/mol. The Kier molecular flexibility index (Phi) is 5.07. The lowest BCUT2D eigenvalue weighted by atomic mass is 9.61. The number of amides is 1. The van der Waals surface area contributed by atoms with Gasteiger partial charge in [-0.1, -0.05) is 0 Å². The maximum atomic E-state index is 11.5. The summed E-state index contributed by atoms with van der Waals surface area (Å²) in [4.78, 5) is 22.9. The largest absolute Gasteiger partial charge is 0.467 e. The number of hydrogen-bond donors (Lipinski definition) is 2. The fraction of sp³-hybridized carbons (Fsp3) is 0.778. The lowest BCUT2D eigenvalue weighted by Crippen LogP contribution is -2.59. The molecule has 0 aliphatic heterocycles. The molecule has 96 valence electrons. The molecule has 0 spiro atoms. The standard InChI is InChI=1S/C9H19B2NO5/c1-8(2,3)17-7(14)12-5(6(13)16-4)9(10,11)15/h5,15H,10-11H2,1-4H3,(H,12,14). The number of aliphatic hydroxyl groups is 1. The van der Waals surface area contributed by atoms with Gasteiger partial charge in [-0.3, -0.25) is 0 Å². The predicted molar refractivity (Wildman–Crippen MR) is 67.2 cm³/mol. The average Bonchev–Trinajstić information content (AvgIpc) is 2.08. The van der Waals surface area contributed by atoms with Gasteiger partial charge in [0.05, 0.1) is 7.11 Å². The van der Waals surface area contributed by atoms with Crippen LogP contribution < -0.4 is 5.32 Å². The summed E-state index contributed by atoms with van der Waals surface area (Å²) in [5.41, 5.74) is -0.676. The highest BCUT2D eigenvalue weighted by molar-refractivity contribution is 6.40. The molecule has 1 atom stereocenters. The van der Waals surface area contributed by atoms with E-state index in [-0.39, 0.29) is 0 Å². The van der Waals surface area contributed by atoms with Gasteiger partial charge in [0, 0.05) is 5.40 Å². The molecule has 0 aliphatic rings. The first-order valence-electron chi connectivity index (χ1n) is 5.27. The van der Waals surface area contributed by atoms with Crippen LogP contribution >= 0.6 is 0 Å². The zero-order valence-corrected chi connectivity index (χ0v) is 11.2. The Morgan fingerprint density at radius 1 is 1.29 bits per heavy atom. The minimum absolute atomic E-state index is 0.676. The number of methoxy groups -OCH3 is 1. The van der Waals surface area contributed by atoms with Crippen LogP contribution in [0.15, 0.2) is 0 Å². The van der Waals surface area contributed by atoms with E-state index >= 15 is 0 Å². The quantitative estimate of drug-likeness (QED) is 0.440. The lowest BCUT2D eigenvalue weighted by Gasteiger charge is -2.29. The molecule has 8 heteroatoms. The van der Waals surface area contributed by atoms with Gasteiger partial charge in [0.15, 0.2) is 0 Å². The Morgan fingerprint density at radius 2 is 1.76 bits per heavy atom. The van der Waals surface area contributed by atoms with Gasteiger partial charge in [-0.2, -0.15) is 0 Å². The van der Waals surface area contributed by atoms with Crippen LogP contribution in [0.5, 0.6) is 0 Å². The van der Waals surface area contributed by atoms with Crippen molar-refractivity contribution in [3.8, 4) is 0 Å². The molecule has 0 bridgehead atoms. The number of alkyl carbamates (subject to hydrolysis) is 1. The van der Waals surface area contributed by atoms with Gasteiger partial charge in [0.1, 0.15) is 27.3 Å². The van der Waals surface area contributed by atoms with Gasteiger partial charge in [-0.25, -0.2) is 9.59 Å². The average molecular weight is 243 g/mol. The van der Waals surface area contributed by atoms with E-state index in [1.165, 1.54) is 22.8 Å². The fourth-order valence-electron chi connectivity index (χ4n) is 1.07. The molecule has 1 amide bonds. The third-order valence-corrected chi connectivity index (χ3v) is 1.80. The number of nitrogens with one attached hydrogen (secondary N) is 1. The molecule has 6 nitrogen and oxygen atoms in total. The molecular formula is C9H19B2NO5. The Balaban J connectivity index is 4.67. The van der Waals surface area contributed by atoms with E-state index in [9.17, 15) is 14.7 Å². The van der Waals surface area contributed by atoms with Crippen LogP contribution in [0.1, 0.15) is 20.8 Å². The predicted octanol–water partition coefficient (Wildman–Crippen LogP) is -2.03. The van der Waals surface area contributed by atoms with Crippen molar-refractivity contribution in [1.82, 2.24) is 5.32 Å². The van der Waals surface area contributed by atoms with Crippen molar-refractivity contribution in [1.29, 1.82) is 0 Å². The number of hydrogen-bond acceptors (Lipinski definition) is 5. The molecule has 2 N–H and O–H groups in total. The van der Waals surface area contributed by atoms with E-state index < -0.39 is 29.1 Å². The summed E-state index contributed by atoms with van der Waals surface area (Å²) in [6.45, 7) is 5.09. The normalized spacial score (nSPS) is 13.7. The minimum atomic E-state index is -1.44. The number of rotatable bonds is 3. The SMILES string of the molecule is BC(B)(O)C(NC(=O)OC(C)(C)C)C(=O)OC. The van der Waals surface area contributed by atoms with Gasteiger partial charge < -0.3 is 19.9 Å². The summed E-state index contributed by atoms with van der Waals surface area (Å²) in [6, 6.07) is -1.18. The van der Waals surface area contributed by atoms with E-state index in [2.05, 4.69) is 10.1 Å². The maximum Gasteiger partial charge on any atom is 0.408 e. The fourth-order valence-corrected chi connectivity index (χ4v) is 1.07. The highest BCUT2D eigenvalue weighted by Gasteiger charge is 2.36. The van der Waals surface area contributed by atoms with E-state index in [4.69, 9.17) is 4.74 Å². The van der Waals surface area contributed by atoms with Crippen LogP contribution in [-0.4, -0.2) is 57.0 Å². The highest BCUT2D eigenvalue weighted by Crippen LogP contribution is 2.09. The second-order valence-electron chi connectivity index (χ2n) is 5.26. The molecule has 0 fully saturated rings. The van der Waals surface area contributed by atoms with Crippen LogP contribution in [0.25, 0.3) is 0 Å². The van der Waals surface area contributed by atoms with E-state index in [1.807, 2.05) is 0 Å². The van der Waals surface area contributed by atoms with Crippen LogP contribution in [0.2, 0.25) is 0 Å². The maximum absolute atomic E-state index is 11.5. The third-order valence-electron chi connectivity index (χ3n) is 1.80. The second kappa shape index (κ2) is 5.44. The molecule has 0 aromatic heterocycles. The van der Waals surface area contributed by atoms with Gasteiger partial charge in [-0.05, 0) is 20.8 Å². The molecule has 1 unspecified atom stereocenters. The summed E-state index contributed by atoms with van der Waals surface area (Å²) >= 11 is 0. The first-order valence-corrected chi connectivity index (χ1v) is 5.27. The van der Waals surface area contributed by atoms with Crippen molar-refractivity contribution < 1.29 is 24.2 Å². The topological polar surface area (TPSA) is 84.9 Å². The zero-order valence-electron chi connectivity index (χ0n) is 11.2. The van der Waals surface area contributed by atoms with Crippen LogP contribution in [-0.2, 0) is 14.3 Å². The van der Waals surface area contributed by atoms with E-state index in [0.29, 0.717) is 0 Å². The number of carbonyl (C=O) groups is 2. The minimum Gasteiger partial charge on any atom is -0.467 e. The Labute approximate surface area is 103 Å². The second-order valence-corrected chi connectivity index (χ2v) is 5.26. The molecule has 0 aromatic rings. The first kappa shape index (κ1) is 15.8. The van der Waals surface area contributed by atoms with Gasteiger partial charge >= 0.3 is 12.1 Å². The lowest BCUT2D eigenvalue weighted by molar-refractivity contribution is -0.145. The summed E-state index contributed by atoms with van der Waals surface area (Å²) in [5, 5.41) is 10.6. The zero-order chi connectivity index (χ0) is 13.9. The first-order chi connectivity index (χ1) is 7.47. The van der Waals surface area contributed by atoms with Crippen LogP contribution in [0.4, 0.5) is 4.79 Å². The van der Waals surface area contributed by atoms with Crippen LogP contribution in [0.3, 0.4) is 0 Å². The molecule has 0 saturated heterocycles. The smallest absolute Gasteiger partial charge is 0.408 e. The van der Waals surface area contributed by atoms with Crippen molar-refractivity contribution in [3.63, 3.8) is 0 Å². The summed E-state index contributed by atoms with van der Waals surface area (Å²) in [5.74, 6) is -0.733. The van der Waals surface area contributed by atoms with Crippen molar-refractivity contribution in [2.45, 2.75) is 37.8 Å². The third kappa shape index (κ3) is 6.21. The Bertz CT molecular complexity index is 295. The van der Waals surface area contributed by atoms with E-state index in [1.54, 1.807) is 20.8 Å². The molecule has 0 aliphatic carbocycles. The Morgan fingerprint density at radius 3 is 2.06 bits per heavy atom.